The van der Waals surface area contributed by atoms with Crippen LogP contribution in [0.4, 0.5) is 0 Å². The van der Waals surface area contributed by atoms with Crippen molar-refractivity contribution >= 4 is 39.5 Å². The minimum absolute atomic E-state index is 0.108. The Bertz CT molecular complexity index is 2080. The number of carbonyl (C=O) groups is 4. The number of esters is 4. The third kappa shape index (κ3) is 83.8. The summed E-state index contributed by atoms with van der Waals surface area (Å²) >= 11 is 0. The van der Waals surface area contributed by atoms with Crippen LogP contribution in [0.2, 0.25) is 0 Å². The monoisotopic (exact) mass is 1590 g/mol. The second-order valence-corrected chi connectivity index (χ2v) is 36.2. The fraction of sp³-hybridized carbons (Fsp3) is 0.956. The van der Waals surface area contributed by atoms with E-state index in [4.69, 9.17) is 37.0 Å². The van der Waals surface area contributed by atoms with Crippen LogP contribution >= 0.6 is 15.6 Å². The number of phosphoric ester groups is 2. The zero-order valence-electron chi connectivity index (χ0n) is 71.9. The van der Waals surface area contributed by atoms with Crippen LogP contribution in [0.15, 0.2) is 0 Å². The summed E-state index contributed by atoms with van der Waals surface area (Å²) in [5.41, 5.74) is 0. The van der Waals surface area contributed by atoms with E-state index in [0.717, 1.165) is 102 Å². The van der Waals surface area contributed by atoms with Gasteiger partial charge in [0.25, 0.3) is 0 Å². The lowest BCUT2D eigenvalue weighted by atomic mass is 10.0. The van der Waals surface area contributed by atoms with E-state index in [1.165, 1.54) is 302 Å². The van der Waals surface area contributed by atoms with Crippen molar-refractivity contribution in [2.45, 2.75) is 503 Å². The van der Waals surface area contributed by atoms with E-state index in [0.29, 0.717) is 25.7 Å². The average molecular weight is 1590 g/mol. The molecule has 0 aromatic rings. The average Bonchev–Trinajstić information content (AvgIpc) is 0.900. The van der Waals surface area contributed by atoms with Gasteiger partial charge < -0.3 is 33.8 Å². The van der Waals surface area contributed by atoms with E-state index in [1.54, 1.807) is 0 Å². The highest BCUT2D eigenvalue weighted by molar-refractivity contribution is 7.47. The fourth-order valence-electron chi connectivity index (χ4n) is 14.1. The van der Waals surface area contributed by atoms with Crippen LogP contribution in [0.1, 0.15) is 485 Å². The highest BCUT2D eigenvalue weighted by Gasteiger charge is 2.31. The Kier molecular flexibility index (Phi) is 79.8. The molecule has 648 valence electrons. The lowest BCUT2D eigenvalue weighted by molar-refractivity contribution is -0.161. The van der Waals surface area contributed by atoms with Crippen molar-refractivity contribution in [1.82, 2.24) is 0 Å². The molecule has 0 aliphatic heterocycles. The molecule has 0 rings (SSSR count). The number of ether oxygens (including phenoxy) is 4. The molecule has 0 saturated heterocycles. The Hall–Kier alpha value is -1.94. The molecule has 0 aromatic carbocycles. The van der Waals surface area contributed by atoms with Crippen molar-refractivity contribution < 1.29 is 80.2 Å². The molecule has 0 bridgehead atoms. The van der Waals surface area contributed by atoms with Crippen molar-refractivity contribution in [2.75, 3.05) is 39.6 Å². The van der Waals surface area contributed by atoms with Crippen LogP contribution in [0.25, 0.3) is 0 Å². The number of carbonyl (C=O) groups excluding carboxylic acids is 4. The quantitative estimate of drug-likeness (QED) is 0.0222. The first kappa shape index (κ1) is 107. The molecule has 0 heterocycles. The Labute approximate surface area is 670 Å². The van der Waals surface area contributed by atoms with E-state index in [2.05, 4.69) is 41.5 Å². The Morgan fingerprint density at radius 3 is 0.624 bits per heavy atom. The summed E-state index contributed by atoms with van der Waals surface area (Å²) in [6.07, 6.45) is 75.1. The largest absolute Gasteiger partial charge is 0.472 e. The zero-order valence-corrected chi connectivity index (χ0v) is 73.7. The van der Waals surface area contributed by atoms with Crippen molar-refractivity contribution in [3.05, 3.63) is 0 Å². The molecule has 0 aliphatic rings. The summed E-state index contributed by atoms with van der Waals surface area (Å²) in [6.45, 7) is 9.74. The summed E-state index contributed by atoms with van der Waals surface area (Å²) < 4.78 is 69.0. The van der Waals surface area contributed by atoms with Crippen LogP contribution < -0.4 is 0 Å². The number of hydrogen-bond acceptors (Lipinski definition) is 15. The van der Waals surface area contributed by atoms with Gasteiger partial charge in [0.05, 0.1) is 26.4 Å². The van der Waals surface area contributed by atoms with Crippen LogP contribution in [0.5, 0.6) is 0 Å². The van der Waals surface area contributed by atoms with E-state index < -0.39 is 97.5 Å². The summed E-state index contributed by atoms with van der Waals surface area (Å²) in [6, 6.07) is 0. The topological polar surface area (TPSA) is 237 Å². The maximum atomic E-state index is 13.2. The summed E-state index contributed by atoms with van der Waals surface area (Å²) in [5, 5.41) is 10.7. The second kappa shape index (κ2) is 81.2. The molecule has 0 aliphatic carbocycles. The van der Waals surface area contributed by atoms with Crippen molar-refractivity contribution in [1.29, 1.82) is 0 Å². The SMILES string of the molecule is CCCCCCCCCCCCCCCCCCCCCCC(=O)OC[C@H](COP(=O)(O)OC[C@@H](O)COP(=O)(O)OC[C@@H](COC(=O)CCCCCCCCCCC)OC(=O)CCCCCCCCCCCCCCCCCCC(C)C)OC(=O)CCCCCCCCCCCCCCCCCCCCC(C)C. The molecule has 0 amide bonds. The van der Waals surface area contributed by atoms with Gasteiger partial charge in [0.1, 0.15) is 19.3 Å². The Morgan fingerprint density at radius 2 is 0.422 bits per heavy atom. The summed E-state index contributed by atoms with van der Waals surface area (Å²) in [7, 11) is -9.93. The molecule has 0 fully saturated rings. The van der Waals surface area contributed by atoms with Gasteiger partial charge in [-0.1, -0.05) is 433 Å². The number of aliphatic hydroxyl groups excluding tert-OH is 1. The van der Waals surface area contributed by atoms with Gasteiger partial charge in [-0.15, -0.1) is 0 Å². The highest BCUT2D eigenvalue weighted by Crippen LogP contribution is 2.45. The van der Waals surface area contributed by atoms with E-state index >= 15 is 0 Å². The molecule has 0 aromatic heterocycles. The van der Waals surface area contributed by atoms with Crippen molar-refractivity contribution in [2.24, 2.45) is 11.8 Å². The summed E-state index contributed by atoms with van der Waals surface area (Å²) in [5.74, 6) is -0.469. The normalized spacial score (nSPS) is 13.8. The van der Waals surface area contributed by atoms with Gasteiger partial charge in [-0.2, -0.15) is 0 Å². The maximum Gasteiger partial charge on any atom is 0.472 e. The van der Waals surface area contributed by atoms with Crippen LogP contribution in [0.3, 0.4) is 0 Å². The lowest BCUT2D eigenvalue weighted by Crippen LogP contribution is -2.30. The predicted molar refractivity (Wildman–Crippen MR) is 451 cm³/mol. The number of rotatable bonds is 89. The third-order valence-electron chi connectivity index (χ3n) is 21.2. The van der Waals surface area contributed by atoms with Crippen LogP contribution in [0, 0.1) is 11.8 Å². The Morgan fingerprint density at radius 1 is 0.248 bits per heavy atom. The third-order valence-corrected chi connectivity index (χ3v) is 23.1. The number of hydrogen-bond donors (Lipinski definition) is 3. The van der Waals surface area contributed by atoms with E-state index in [1.807, 2.05) is 0 Å². The predicted octanol–water partition coefficient (Wildman–Crippen LogP) is 27.8. The Balaban J connectivity index is 5.19. The van der Waals surface area contributed by atoms with Crippen molar-refractivity contribution in [3.63, 3.8) is 0 Å². The molecular formula is C90H176O17P2. The molecule has 5 atom stereocenters. The smallest absolute Gasteiger partial charge is 0.462 e. The molecule has 2 unspecified atom stereocenters. The highest BCUT2D eigenvalue weighted by atomic mass is 31.2. The van der Waals surface area contributed by atoms with E-state index in [9.17, 15) is 43.2 Å². The first-order chi connectivity index (χ1) is 52.9. The molecular weight excluding hydrogens is 1410 g/mol. The molecule has 17 nitrogen and oxygen atoms in total. The molecule has 109 heavy (non-hydrogen) atoms. The molecule has 0 spiro atoms. The second-order valence-electron chi connectivity index (χ2n) is 33.3. The maximum absolute atomic E-state index is 13.2. The zero-order chi connectivity index (χ0) is 79.9. The molecule has 3 N–H and O–H groups in total. The molecule has 0 saturated carbocycles. The fourth-order valence-corrected chi connectivity index (χ4v) is 15.7. The number of unbranched alkanes of at least 4 members (excludes halogenated alkanes) is 59. The first-order valence-electron chi connectivity index (χ1n) is 46.5. The van der Waals surface area contributed by atoms with Gasteiger partial charge in [0, 0.05) is 25.7 Å². The minimum Gasteiger partial charge on any atom is -0.462 e. The van der Waals surface area contributed by atoms with Gasteiger partial charge in [-0.3, -0.25) is 37.3 Å². The molecule has 19 heteroatoms. The molecule has 0 radical (unpaired) electrons. The summed E-state index contributed by atoms with van der Waals surface area (Å²) in [4.78, 5) is 73.3. The van der Waals surface area contributed by atoms with Crippen molar-refractivity contribution in [3.8, 4) is 0 Å². The minimum atomic E-state index is -4.97. The van der Waals surface area contributed by atoms with Gasteiger partial charge in [0.2, 0.25) is 0 Å². The van der Waals surface area contributed by atoms with Gasteiger partial charge in [-0.05, 0) is 37.5 Å². The number of aliphatic hydroxyl groups is 1. The van der Waals surface area contributed by atoms with Gasteiger partial charge in [-0.25, -0.2) is 9.13 Å². The van der Waals surface area contributed by atoms with Gasteiger partial charge >= 0.3 is 39.5 Å². The number of phosphoric acid groups is 2. The first-order valence-corrected chi connectivity index (χ1v) is 49.5. The van der Waals surface area contributed by atoms with E-state index in [-0.39, 0.29) is 25.7 Å². The van der Waals surface area contributed by atoms with Crippen LogP contribution in [-0.2, 0) is 65.4 Å². The van der Waals surface area contributed by atoms with Crippen LogP contribution in [-0.4, -0.2) is 96.7 Å². The lowest BCUT2D eigenvalue weighted by Gasteiger charge is -2.21. The van der Waals surface area contributed by atoms with Gasteiger partial charge in [0.15, 0.2) is 12.2 Å². The standard InChI is InChI=1S/C90H176O17P2/c1-7-9-11-13-15-17-18-19-20-21-22-23-27-33-38-43-49-55-61-67-73-88(93)101-79-86(107-90(95)75-68-62-56-50-44-39-34-28-25-24-26-31-36-41-47-52-58-64-70-82(3)4)81-105-109(98,99)103-77-84(91)76-102-108(96,97)104-80-85(78-100-87(92)72-66-60-54-46-16-14-12-10-8-2)106-89(94)74-69-63-57-51-45-40-35-30-29-32-37-42-48-53-59-65-71-83(5)6/h82-86,91H,7-81H2,1-6H3,(H,96,97)(H,98,99)/t84-,85+,86+/m0/s1.